The van der Waals surface area contributed by atoms with Gasteiger partial charge in [0.1, 0.15) is 11.1 Å². The van der Waals surface area contributed by atoms with Crippen molar-refractivity contribution in [2.45, 2.75) is 20.3 Å². The number of aromatic nitrogens is 2. The zero-order valence-electron chi connectivity index (χ0n) is 16.6. The van der Waals surface area contributed by atoms with Gasteiger partial charge in [-0.3, -0.25) is 4.98 Å². The Hall–Kier alpha value is -3.46. The van der Waals surface area contributed by atoms with Gasteiger partial charge in [-0.2, -0.15) is 0 Å². The molecule has 0 N–H and O–H groups in total. The fourth-order valence-electron chi connectivity index (χ4n) is 3.86. The second-order valence-corrected chi connectivity index (χ2v) is 7.84. The first kappa shape index (κ1) is 17.6. The maximum Gasteiger partial charge on any atom is 0.153 e. The van der Waals surface area contributed by atoms with Gasteiger partial charge in [-0.15, -0.1) is 0 Å². The SMILES string of the molecule is CC(C)Cc1ccnc(-c2cccc3c2oc2ccc(-c4ccccc4)nc23)c1. The van der Waals surface area contributed by atoms with Crippen LogP contribution >= 0.6 is 0 Å². The van der Waals surface area contributed by atoms with Crippen molar-refractivity contribution in [3.8, 4) is 22.5 Å². The van der Waals surface area contributed by atoms with Crippen LogP contribution in [-0.2, 0) is 6.42 Å². The molecule has 5 aromatic rings. The number of fused-ring (bicyclic) bond motifs is 3. The maximum atomic E-state index is 6.25. The van der Waals surface area contributed by atoms with E-state index in [1.807, 2.05) is 36.5 Å². The van der Waals surface area contributed by atoms with Crippen molar-refractivity contribution in [1.82, 2.24) is 9.97 Å². The Labute approximate surface area is 170 Å². The minimum absolute atomic E-state index is 0.604. The number of nitrogens with zero attached hydrogens (tertiary/aromatic N) is 2. The van der Waals surface area contributed by atoms with E-state index < -0.39 is 0 Å². The van der Waals surface area contributed by atoms with Gasteiger partial charge in [-0.05, 0) is 54.3 Å². The zero-order valence-corrected chi connectivity index (χ0v) is 16.6. The summed E-state index contributed by atoms with van der Waals surface area (Å²) in [6.07, 6.45) is 2.92. The molecule has 0 aliphatic rings. The summed E-state index contributed by atoms with van der Waals surface area (Å²) in [6.45, 7) is 4.46. The molecule has 2 aromatic carbocycles. The highest BCUT2D eigenvalue weighted by Crippen LogP contribution is 2.35. The lowest BCUT2D eigenvalue weighted by Gasteiger charge is -2.07. The molecular formula is C26H22N2O. The van der Waals surface area contributed by atoms with Crippen molar-refractivity contribution in [3.05, 3.63) is 84.6 Å². The highest BCUT2D eigenvalue weighted by atomic mass is 16.3. The van der Waals surface area contributed by atoms with Crippen LogP contribution in [0, 0.1) is 5.92 Å². The van der Waals surface area contributed by atoms with E-state index in [-0.39, 0.29) is 0 Å². The molecule has 0 unspecified atom stereocenters. The topological polar surface area (TPSA) is 38.9 Å². The van der Waals surface area contributed by atoms with E-state index >= 15 is 0 Å². The van der Waals surface area contributed by atoms with E-state index in [1.54, 1.807) is 0 Å². The van der Waals surface area contributed by atoms with Crippen molar-refractivity contribution in [2.24, 2.45) is 5.92 Å². The van der Waals surface area contributed by atoms with Crippen molar-refractivity contribution < 1.29 is 4.42 Å². The molecule has 0 saturated heterocycles. The van der Waals surface area contributed by atoms with Crippen LogP contribution in [0.5, 0.6) is 0 Å². The van der Waals surface area contributed by atoms with Gasteiger partial charge in [0.05, 0.1) is 11.4 Å². The van der Waals surface area contributed by atoms with E-state index in [1.165, 1.54) is 5.56 Å². The van der Waals surface area contributed by atoms with Gasteiger partial charge in [-0.1, -0.05) is 50.2 Å². The fourth-order valence-corrected chi connectivity index (χ4v) is 3.86. The minimum Gasteiger partial charge on any atom is -0.454 e. The molecule has 3 heteroatoms. The Balaban J connectivity index is 1.67. The Bertz CT molecular complexity index is 1300. The van der Waals surface area contributed by atoms with Gasteiger partial charge in [0.15, 0.2) is 5.58 Å². The Morgan fingerprint density at radius 1 is 0.862 bits per heavy atom. The van der Waals surface area contributed by atoms with Crippen LogP contribution in [0.15, 0.2) is 83.4 Å². The van der Waals surface area contributed by atoms with Crippen LogP contribution in [0.4, 0.5) is 0 Å². The van der Waals surface area contributed by atoms with E-state index in [9.17, 15) is 0 Å². The summed E-state index contributed by atoms with van der Waals surface area (Å²) in [6, 6.07) is 24.7. The molecule has 0 atom stereocenters. The van der Waals surface area contributed by atoms with Crippen LogP contribution in [0.25, 0.3) is 44.6 Å². The third-order valence-corrected chi connectivity index (χ3v) is 5.15. The molecule has 3 heterocycles. The molecule has 0 saturated carbocycles. The fraction of sp³-hybridized carbons (Fsp3) is 0.154. The highest BCUT2D eigenvalue weighted by molar-refractivity contribution is 6.07. The average molecular weight is 378 g/mol. The number of pyridine rings is 2. The van der Waals surface area contributed by atoms with E-state index in [0.717, 1.165) is 51.0 Å². The monoisotopic (exact) mass is 378 g/mol. The minimum atomic E-state index is 0.604. The molecule has 3 nitrogen and oxygen atoms in total. The highest BCUT2D eigenvalue weighted by Gasteiger charge is 2.15. The second kappa shape index (κ2) is 7.17. The van der Waals surface area contributed by atoms with Crippen LogP contribution in [-0.4, -0.2) is 9.97 Å². The van der Waals surface area contributed by atoms with Crippen LogP contribution < -0.4 is 0 Å². The molecule has 29 heavy (non-hydrogen) atoms. The lowest BCUT2D eigenvalue weighted by Crippen LogP contribution is -1.95. The number of rotatable bonds is 4. The number of hydrogen-bond acceptors (Lipinski definition) is 3. The smallest absolute Gasteiger partial charge is 0.153 e. The largest absolute Gasteiger partial charge is 0.454 e. The molecule has 5 rings (SSSR count). The predicted molar refractivity (Wildman–Crippen MR) is 119 cm³/mol. The lowest BCUT2D eigenvalue weighted by atomic mass is 10.0. The van der Waals surface area contributed by atoms with E-state index in [0.29, 0.717) is 5.92 Å². The Kier molecular flexibility index (Phi) is 4.36. The molecule has 0 aliphatic heterocycles. The van der Waals surface area contributed by atoms with Crippen LogP contribution in [0.3, 0.4) is 0 Å². The van der Waals surface area contributed by atoms with Crippen molar-refractivity contribution in [2.75, 3.05) is 0 Å². The summed E-state index contributed by atoms with van der Waals surface area (Å²) < 4.78 is 6.25. The normalized spacial score (nSPS) is 11.6. The van der Waals surface area contributed by atoms with Gasteiger partial charge >= 0.3 is 0 Å². The molecule has 0 amide bonds. The standard InChI is InChI=1S/C26H22N2O/c1-17(2)15-18-13-14-27-23(16-18)20-9-6-10-21-25-24(29-26(20)21)12-11-22(28-25)19-7-4-3-5-8-19/h3-14,16-17H,15H2,1-2H3. The van der Waals surface area contributed by atoms with E-state index in [2.05, 4.69) is 61.3 Å². The second-order valence-electron chi connectivity index (χ2n) is 7.84. The molecule has 3 aromatic heterocycles. The van der Waals surface area contributed by atoms with Crippen LogP contribution in [0.1, 0.15) is 19.4 Å². The third-order valence-electron chi connectivity index (χ3n) is 5.15. The summed E-state index contributed by atoms with van der Waals surface area (Å²) >= 11 is 0. The quantitative estimate of drug-likeness (QED) is 0.341. The van der Waals surface area contributed by atoms with Gasteiger partial charge in [0.2, 0.25) is 0 Å². The average Bonchev–Trinajstić information content (AvgIpc) is 3.12. The number of para-hydroxylation sites is 1. The first-order chi connectivity index (χ1) is 14.2. The summed E-state index contributed by atoms with van der Waals surface area (Å²) in [5.41, 5.74) is 7.82. The molecule has 0 spiro atoms. The summed E-state index contributed by atoms with van der Waals surface area (Å²) in [5.74, 6) is 0.604. The Morgan fingerprint density at radius 2 is 1.72 bits per heavy atom. The van der Waals surface area contributed by atoms with Gasteiger partial charge in [0, 0.05) is 22.7 Å². The summed E-state index contributed by atoms with van der Waals surface area (Å²) in [5, 5.41) is 1.02. The molecule has 0 bridgehead atoms. The summed E-state index contributed by atoms with van der Waals surface area (Å²) in [4.78, 5) is 9.53. The van der Waals surface area contributed by atoms with Crippen molar-refractivity contribution in [3.63, 3.8) is 0 Å². The molecular weight excluding hydrogens is 356 g/mol. The molecule has 0 radical (unpaired) electrons. The first-order valence-corrected chi connectivity index (χ1v) is 10.0. The van der Waals surface area contributed by atoms with Gasteiger partial charge in [0.25, 0.3) is 0 Å². The molecule has 0 aliphatic carbocycles. The van der Waals surface area contributed by atoms with Crippen molar-refractivity contribution in [1.29, 1.82) is 0 Å². The van der Waals surface area contributed by atoms with Gasteiger partial charge < -0.3 is 4.42 Å². The van der Waals surface area contributed by atoms with Crippen molar-refractivity contribution >= 4 is 22.1 Å². The number of hydrogen-bond donors (Lipinski definition) is 0. The maximum absolute atomic E-state index is 6.25. The predicted octanol–water partition coefficient (Wildman–Crippen LogP) is 6.91. The first-order valence-electron chi connectivity index (χ1n) is 10.0. The van der Waals surface area contributed by atoms with Gasteiger partial charge in [-0.25, -0.2) is 4.98 Å². The lowest BCUT2D eigenvalue weighted by molar-refractivity contribution is 0.647. The molecule has 0 fully saturated rings. The zero-order chi connectivity index (χ0) is 19.8. The number of benzene rings is 2. The summed E-state index contributed by atoms with van der Waals surface area (Å²) in [7, 11) is 0. The number of furan rings is 1. The van der Waals surface area contributed by atoms with E-state index in [4.69, 9.17) is 9.40 Å². The third kappa shape index (κ3) is 3.29. The van der Waals surface area contributed by atoms with Crippen LogP contribution in [0.2, 0.25) is 0 Å². The Morgan fingerprint density at radius 3 is 2.55 bits per heavy atom. The molecule has 142 valence electrons.